The number of aryl methyl sites for hydroxylation is 2. The van der Waals surface area contributed by atoms with Gasteiger partial charge in [0.2, 0.25) is 0 Å². The first-order valence-electron chi connectivity index (χ1n) is 7.15. The number of nitrogens with zero attached hydrogens (tertiary/aromatic N) is 3. The minimum Gasteiger partial charge on any atom is -0.382 e. The molecule has 5 heteroatoms. The van der Waals surface area contributed by atoms with Gasteiger partial charge in [0, 0.05) is 37.3 Å². The van der Waals surface area contributed by atoms with Crippen molar-refractivity contribution in [2.75, 3.05) is 20.8 Å². The van der Waals surface area contributed by atoms with Crippen LogP contribution in [0.4, 0.5) is 0 Å². The number of ether oxygens (including phenoxy) is 1. The van der Waals surface area contributed by atoms with Gasteiger partial charge >= 0.3 is 0 Å². The van der Waals surface area contributed by atoms with Crippen molar-refractivity contribution in [1.29, 1.82) is 0 Å². The third-order valence-electron chi connectivity index (χ3n) is 3.47. The van der Waals surface area contributed by atoms with Gasteiger partial charge < -0.3 is 9.64 Å². The van der Waals surface area contributed by atoms with E-state index in [0.29, 0.717) is 12.2 Å². The molecule has 0 aliphatic carbocycles. The lowest BCUT2D eigenvalue weighted by atomic mass is 10.1. The van der Waals surface area contributed by atoms with E-state index in [9.17, 15) is 4.79 Å². The molecule has 0 spiro atoms. The highest BCUT2D eigenvalue weighted by atomic mass is 16.5. The number of carbonyl (C=O) groups is 1. The Kier molecular flexibility index (Phi) is 5.22. The standard InChI is InChI=1S/C17H21N3O2/c1-12-9-14(10-13(2)19-12)17(21)20(3)16(11-22-4)15-7-5-6-8-18-15/h5-10,16H,11H2,1-4H3. The minimum absolute atomic E-state index is 0.0682. The van der Waals surface area contributed by atoms with Crippen LogP contribution in [0.25, 0.3) is 0 Å². The topological polar surface area (TPSA) is 55.3 Å². The molecule has 2 heterocycles. The number of carbonyl (C=O) groups excluding carboxylic acids is 1. The summed E-state index contributed by atoms with van der Waals surface area (Å²) in [5, 5.41) is 0. The fourth-order valence-corrected chi connectivity index (χ4v) is 2.43. The van der Waals surface area contributed by atoms with Crippen molar-refractivity contribution in [2.45, 2.75) is 19.9 Å². The van der Waals surface area contributed by atoms with Crippen molar-refractivity contribution in [3.8, 4) is 0 Å². The summed E-state index contributed by atoms with van der Waals surface area (Å²) in [7, 11) is 3.39. The summed E-state index contributed by atoms with van der Waals surface area (Å²) >= 11 is 0. The number of amides is 1. The third-order valence-corrected chi connectivity index (χ3v) is 3.47. The summed E-state index contributed by atoms with van der Waals surface area (Å²) in [5.74, 6) is -0.0682. The Morgan fingerprint density at radius 1 is 1.27 bits per heavy atom. The molecule has 5 nitrogen and oxygen atoms in total. The summed E-state index contributed by atoms with van der Waals surface area (Å²) in [4.78, 5) is 23.1. The monoisotopic (exact) mass is 299 g/mol. The van der Waals surface area contributed by atoms with Crippen molar-refractivity contribution in [1.82, 2.24) is 14.9 Å². The van der Waals surface area contributed by atoms with Crippen LogP contribution < -0.4 is 0 Å². The van der Waals surface area contributed by atoms with E-state index in [-0.39, 0.29) is 11.9 Å². The van der Waals surface area contributed by atoms with E-state index in [0.717, 1.165) is 17.1 Å². The van der Waals surface area contributed by atoms with Crippen molar-refractivity contribution in [3.63, 3.8) is 0 Å². The molecule has 2 aromatic rings. The van der Waals surface area contributed by atoms with Crippen molar-refractivity contribution < 1.29 is 9.53 Å². The van der Waals surface area contributed by atoms with E-state index in [1.165, 1.54) is 0 Å². The zero-order valence-electron chi connectivity index (χ0n) is 13.4. The van der Waals surface area contributed by atoms with E-state index < -0.39 is 0 Å². The average Bonchev–Trinajstić information content (AvgIpc) is 2.51. The lowest BCUT2D eigenvalue weighted by Gasteiger charge is -2.27. The molecular formula is C17H21N3O2. The SMILES string of the molecule is COCC(c1ccccn1)N(C)C(=O)c1cc(C)nc(C)c1. The molecule has 0 aromatic carbocycles. The largest absolute Gasteiger partial charge is 0.382 e. The first kappa shape index (κ1) is 16.1. The summed E-state index contributed by atoms with van der Waals surface area (Å²) in [6, 6.07) is 9.03. The van der Waals surface area contributed by atoms with Gasteiger partial charge in [-0.2, -0.15) is 0 Å². The van der Waals surface area contributed by atoms with Crippen LogP contribution in [0.1, 0.15) is 33.5 Å². The quantitative estimate of drug-likeness (QED) is 0.851. The van der Waals surface area contributed by atoms with Gasteiger partial charge in [-0.25, -0.2) is 0 Å². The molecule has 0 aliphatic rings. The highest BCUT2D eigenvalue weighted by Crippen LogP contribution is 2.20. The molecule has 0 aliphatic heterocycles. The lowest BCUT2D eigenvalue weighted by Crippen LogP contribution is -2.34. The van der Waals surface area contributed by atoms with Gasteiger partial charge in [-0.3, -0.25) is 14.8 Å². The van der Waals surface area contributed by atoms with Gasteiger partial charge in [0.25, 0.3) is 5.91 Å². The molecule has 0 fully saturated rings. The molecule has 116 valence electrons. The van der Waals surface area contributed by atoms with Crippen LogP contribution in [0.5, 0.6) is 0 Å². The maximum Gasteiger partial charge on any atom is 0.254 e. The van der Waals surface area contributed by atoms with Crippen LogP contribution in [0.3, 0.4) is 0 Å². The van der Waals surface area contributed by atoms with E-state index in [4.69, 9.17) is 4.74 Å². The van der Waals surface area contributed by atoms with Gasteiger partial charge in [-0.05, 0) is 38.1 Å². The number of methoxy groups -OCH3 is 1. The van der Waals surface area contributed by atoms with Crippen molar-refractivity contribution in [2.24, 2.45) is 0 Å². The first-order chi connectivity index (χ1) is 10.5. The van der Waals surface area contributed by atoms with Crippen LogP contribution in [-0.4, -0.2) is 41.5 Å². The molecule has 1 amide bonds. The lowest BCUT2D eigenvalue weighted by molar-refractivity contribution is 0.0595. The summed E-state index contributed by atoms with van der Waals surface area (Å²) in [6.07, 6.45) is 1.72. The number of pyridine rings is 2. The normalized spacial score (nSPS) is 12.0. The highest BCUT2D eigenvalue weighted by Gasteiger charge is 2.24. The highest BCUT2D eigenvalue weighted by molar-refractivity contribution is 5.94. The summed E-state index contributed by atoms with van der Waals surface area (Å²) < 4.78 is 5.27. The first-order valence-corrected chi connectivity index (χ1v) is 7.15. The predicted octanol–water partition coefficient (Wildman–Crippen LogP) is 2.55. The van der Waals surface area contributed by atoms with Gasteiger partial charge in [0.15, 0.2) is 0 Å². The number of likely N-dealkylation sites (N-methyl/N-ethyl adjacent to an activating group) is 1. The molecule has 2 rings (SSSR count). The van der Waals surface area contributed by atoms with Gasteiger partial charge in [-0.1, -0.05) is 6.07 Å². The van der Waals surface area contributed by atoms with E-state index in [1.807, 2.05) is 32.0 Å². The third kappa shape index (κ3) is 3.68. The van der Waals surface area contributed by atoms with E-state index >= 15 is 0 Å². The summed E-state index contributed by atoms with van der Waals surface area (Å²) in [5.41, 5.74) is 3.10. The maximum absolute atomic E-state index is 12.8. The van der Waals surface area contributed by atoms with Gasteiger partial charge in [0.05, 0.1) is 18.3 Å². The fourth-order valence-electron chi connectivity index (χ4n) is 2.43. The van der Waals surface area contributed by atoms with Gasteiger partial charge in [0.1, 0.15) is 0 Å². The number of rotatable bonds is 5. The fraction of sp³-hybridized carbons (Fsp3) is 0.353. The van der Waals surface area contributed by atoms with Crippen LogP contribution in [0, 0.1) is 13.8 Å². The average molecular weight is 299 g/mol. The second kappa shape index (κ2) is 7.13. The van der Waals surface area contributed by atoms with Crippen LogP contribution in [0.15, 0.2) is 36.5 Å². The zero-order chi connectivity index (χ0) is 16.1. The second-order valence-corrected chi connectivity index (χ2v) is 5.28. The van der Waals surface area contributed by atoms with Gasteiger partial charge in [-0.15, -0.1) is 0 Å². The Hall–Kier alpha value is -2.27. The summed E-state index contributed by atoms with van der Waals surface area (Å²) in [6.45, 7) is 4.16. The number of aromatic nitrogens is 2. The van der Waals surface area contributed by atoms with Crippen LogP contribution in [0.2, 0.25) is 0 Å². The Morgan fingerprint density at radius 3 is 2.50 bits per heavy atom. The van der Waals surface area contributed by atoms with Crippen LogP contribution in [-0.2, 0) is 4.74 Å². The molecule has 0 bridgehead atoms. The minimum atomic E-state index is -0.229. The Labute approximate surface area is 131 Å². The number of hydrogen-bond acceptors (Lipinski definition) is 4. The molecule has 22 heavy (non-hydrogen) atoms. The molecule has 0 radical (unpaired) electrons. The van der Waals surface area contributed by atoms with Crippen molar-refractivity contribution >= 4 is 5.91 Å². The molecule has 0 saturated heterocycles. The maximum atomic E-state index is 12.8. The predicted molar refractivity (Wildman–Crippen MR) is 84.7 cm³/mol. The molecular weight excluding hydrogens is 278 g/mol. The van der Waals surface area contributed by atoms with E-state index in [2.05, 4.69) is 9.97 Å². The number of hydrogen-bond donors (Lipinski definition) is 0. The molecule has 0 N–H and O–H groups in total. The Balaban J connectivity index is 2.30. The molecule has 0 saturated carbocycles. The van der Waals surface area contributed by atoms with Crippen molar-refractivity contribution in [3.05, 3.63) is 59.2 Å². The second-order valence-electron chi connectivity index (χ2n) is 5.28. The molecule has 1 atom stereocenters. The van der Waals surface area contributed by atoms with Crippen LogP contribution >= 0.6 is 0 Å². The molecule has 1 unspecified atom stereocenters. The zero-order valence-corrected chi connectivity index (χ0v) is 13.4. The van der Waals surface area contributed by atoms with E-state index in [1.54, 1.807) is 37.4 Å². The Morgan fingerprint density at radius 2 is 1.95 bits per heavy atom. The Bertz CT molecular complexity index is 623. The molecule has 2 aromatic heterocycles. The smallest absolute Gasteiger partial charge is 0.254 e.